The molecule has 0 spiro atoms. The highest BCUT2D eigenvalue weighted by Gasteiger charge is 2.45. The predicted molar refractivity (Wildman–Crippen MR) is 113 cm³/mol. The Morgan fingerprint density at radius 3 is 2.57 bits per heavy atom. The Hall–Kier alpha value is -3.08. The van der Waals surface area contributed by atoms with Crippen LogP contribution >= 0.6 is 0 Å². The molecule has 2 aromatic rings. The number of nitrogens with zero attached hydrogens (tertiary/aromatic N) is 1. The van der Waals surface area contributed by atoms with Crippen LogP contribution in [0.15, 0.2) is 66.7 Å². The van der Waals surface area contributed by atoms with Crippen LogP contribution in [0.1, 0.15) is 24.0 Å². The molecule has 0 bridgehead atoms. The smallest absolute Gasteiger partial charge is 0.310 e. The van der Waals surface area contributed by atoms with Crippen LogP contribution < -0.4 is 4.74 Å². The predicted octanol–water partition coefficient (Wildman–Crippen LogP) is 3.98. The van der Waals surface area contributed by atoms with Crippen molar-refractivity contribution >= 4 is 11.9 Å². The zero-order chi connectivity index (χ0) is 20.9. The molecule has 4 rings (SSSR count). The lowest BCUT2D eigenvalue weighted by atomic mass is 9.71. The van der Waals surface area contributed by atoms with Crippen LogP contribution in [0.5, 0.6) is 5.75 Å². The number of carbonyl (C=O) groups excluding carboxylic acids is 2. The van der Waals surface area contributed by atoms with Crippen molar-refractivity contribution < 1.29 is 19.1 Å². The van der Waals surface area contributed by atoms with Crippen molar-refractivity contribution in [2.24, 2.45) is 17.8 Å². The first kappa shape index (κ1) is 20.2. The summed E-state index contributed by atoms with van der Waals surface area (Å²) in [6.07, 6.45) is 5.56. The Kier molecular flexibility index (Phi) is 6.17. The molecule has 5 nitrogen and oxygen atoms in total. The number of allylic oxidation sites excluding steroid dienone is 2. The van der Waals surface area contributed by atoms with Crippen molar-refractivity contribution in [3.63, 3.8) is 0 Å². The number of fused-ring (bicyclic) bond motifs is 1. The maximum atomic E-state index is 13.3. The first-order valence-electron chi connectivity index (χ1n) is 10.4. The minimum absolute atomic E-state index is 0.0610. The number of piperidine rings is 1. The van der Waals surface area contributed by atoms with Crippen LogP contribution in [0.4, 0.5) is 0 Å². The van der Waals surface area contributed by atoms with Crippen LogP contribution in [0.3, 0.4) is 0 Å². The fraction of sp³-hybridized carbons (Fsp3) is 0.360. The molecule has 5 heteroatoms. The monoisotopic (exact) mass is 405 g/mol. The van der Waals surface area contributed by atoms with Gasteiger partial charge in [0.1, 0.15) is 12.4 Å². The molecule has 156 valence electrons. The number of hydrogen-bond acceptors (Lipinski definition) is 4. The van der Waals surface area contributed by atoms with Crippen molar-refractivity contribution in [1.29, 1.82) is 0 Å². The van der Waals surface area contributed by atoms with E-state index in [2.05, 4.69) is 6.08 Å². The van der Waals surface area contributed by atoms with Crippen molar-refractivity contribution in [3.05, 3.63) is 77.9 Å². The standard InChI is InChI=1S/C25H27NO4/c1-29-21-12-10-19(11-13-21)17-30-25(28)22-9-5-8-20-14-15-26(24(27)23(20)22)16-18-6-3-2-4-7-18/h2-8,10-13,20,22-23H,9,14-17H2,1H3/t20?,22-,23?/m0/s1. The summed E-state index contributed by atoms with van der Waals surface area (Å²) < 4.78 is 10.8. The van der Waals surface area contributed by atoms with Crippen LogP contribution in [0, 0.1) is 17.8 Å². The quantitative estimate of drug-likeness (QED) is 0.539. The normalized spacial score (nSPS) is 23.0. The molecule has 1 heterocycles. The van der Waals surface area contributed by atoms with E-state index in [9.17, 15) is 9.59 Å². The van der Waals surface area contributed by atoms with Gasteiger partial charge < -0.3 is 14.4 Å². The second-order valence-corrected chi connectivity index (χ2v) is 7.95. The van der Waals surface area contributed by atoms with E-state index < -0.39 is 5.92 Å². The third-order valence-corrected chi connectivity index (χ3v) is 6.06. The van der Waals surface area contributed by atoms with Crippen LogP contribution in [-0.4, -0.2) is 30.4 Å². The molecular weight excluding hydrogens is 378 g/mol. The highest BCUT2D eigenvalue weighted by molar-refractivity contribution is 5.87. The molecule has 2 aromatic carbocycles. The summed E-state index contributed by atoms with van der Waals surface area (Å²) in [5.41, 5.74) is 2.00. The van der Waals surface area contributed by atoms with Gasteiger partial charge in [-0.2, -0.15) is 0 Å². The van der Waals surface area contributed by atoms with Gasteiger partial charge in [0.2, 0.25) is 5.91 Å². The van der Waals surface area contributed by atoms with Gasteiger partial charge in [-0.25, -0.2) is 0 Å². The summed E-state index contributed by atoms with van der Waals surface area (Å²) in [5.74, 6) is -0.125. The molecule has 0 aromatic heterocycles. The molecule has 1 amide bonds. The number of likely N-dealkylation sites (tertiary alicyclic amines) is 1. The van der Waals surface area contributed by atoms with Crippen LogP contribution in [0.2, 0.25) is 0 Å². The van der Waals surface area contributed by atoms with Crippen molar-refractivity contribution in [2.75, 3.05) is 13.7 Å². The fourth-order valence-corrected chi connectivity index (χ4v) is 4.41. The second-order valence-electron chi connectivity index (χ2n) is 7.95. The lowest BCUT2D eigenvalue weighted by Crippen LogP contribution is -2.50. The molecule has 0 saturated carbocycles. The first-order chi connectivity index (χ1) is 14.7. The van der Waals surface area contributed by atoms with Gasteiger partial charge in [0, 0.05) is 13.1 Å². The Morgan fingerprint density at radius 1 is 1.07 bits per heavy atom. The van der Waals surface area contributed by atoms with E-state index in [1.807, 2.05) is 65.6 Å². The molecule has 1 saturated heterocycles. The summed E-state index contributed by atoms with van der Waals surface area (Å²) >= 11 is 0. The van der Waals surface area contributed by atoms with Gasteiger partial charge in [0.05, 0.1) is 18.9 Å². The summed E-state index contributed by atoms with van der Waals surface area (Å²) in [6.45, 7) is 1.50. The molecule has 30 heavy (non-hydrogen) atoms. The minimum Gasteiger partial charge on any atom is -0.497 e. The third-order valence-electron chi connectivity index (χ3n) is 6.06. The lowest BCUT2D eigenvalue weighted by molar-refractivity contribution is -0.160. The van der Waals surface area contributed by atoms with E-state index in [1.54, 1.807) is 7.11 Å². The maximum Gasteiger partial charge on any atom is 0.310 e. The number of benzene rings is 2. The Morgan fingerprint density at radius 2 is 1.83 bits per heavy atom. The summed E-state index contributed by atoms with van der Waals surface area (Å²) in [7, 11) is 1.62. The number of hydrogen-bond donors (Lipinski definition) is 0. The van der Waals surface area contributed by atoms with Gasteiger partial charge in [-0.3, -0.25) is 9.59 Å². The zero-order valence-corrected chi connectivity index (χ0v) is 17.2. The van der Waals surface area contributed by atoms with E-state index in [0.717, 1.165) is 23.3 Å². The molecular formula is C25H27NO4. The second kappa shape index (κ2) is 9.16. The molecule has 1 aliphatic carbocycles. The van der Waals surface area contributed by atoms with Crippen molar-refractivity contribution in [3.8, 4) is 5.75 Å². The molecule has 2 unspecified atom stereocenters. The number of amides is 1. The van der Waals surface area contributed by atoms with Crippen molar-refractivity contribution in [2.45, 2.75) is 26.0 Å². The first-order valence-corrected chi connectivity index (χ1v) is 10.4. The molecule has 3 atom stereocenters. The third kappa shape index (κ3) is 4.40. The number of ether oxygens (including phenoxy) is 2. The van der Waals surface area contributed by atoms with E-state index in [1.165, 1.54) is 0 Å². The van der Waals surface area contributed by atoms with E-state index in [0.29, 0.717) is 19.5 Å². The Labute approximate surface area is 177 Å². The topological polar surface area (TPSA) is 55.8 Å². The van der Waals surface area contributed by atoms with Crippen molar-refractivity contribution in [1.82, 2.24) is 4.90 Å². The molecule has 0 N–H and O–H groups in total. The highest BCUT2D eigenvalue weighted by Crippen LogP contribution is 2.38. The van der Waals surface area contributed by atoms with Gasteiger partial charge in [-0.1, -0.05) is 54.6 Å². The summed E-state index contributed by atoms with van der Waals surface area (Å²) in [5, 5.41) is 0. The minimum atomic E-state index is -0.427. The molecule has 1 fully saturated rings. The zero-order valence-electron chi connectivity index (χ0n) is 17.2. The van der Waals surface area contributed by atoms with Gasteiger partial charge in [-0.15, -0.1) is 0 Å². The van der Waals surface area contributed by atoms with E-state index in [-0.39, 0.29) is 30.3 Å². The van der Waals surface area contributed by atoms with Crippen LogP contribution in [0.25, 0.3) is 0 Å². The lowest BCUT2D eigenvalue weighted by Gasteiger charge is -2.41. The van der Waals surface area contributed by atoms with E-state index >= 15 is 0 Å². The number of methoxy groups -OCH3 is 1. The van der Waals surface area contributed by atoms with E-state index in [4.69, 9.17) is 9.47 Å². The average Bonchev–Trinajstić information content (AvgIpc) is 2.80. The van der Waals surface area contributed by atoms with Gasteiger partial charge in [-0.05, 0) is 42.0 Å². The largest absolute Gasteiger partial charge is 0.497 e. The fourth-order valence-electron chi connectivity index (χ4n) is 4.41. The highest BCUT2D eigenvalue weighted by atomic mass is 16.5. The molecule has 0 radical (unpaired) electrons. The van der Waals surface area contributed by atoms with Crippen LogP contribution in [-0.2, 0) is 27.5 Å². The number of carbonyl (C=O) groups is 2. The Bertz CT molecular complexity index is 907. The van der Waals surface area contributed by atoms with Gasteiger partial charge in [0.25, 0.3) is 0 Å². The average molecular weight is 405 g/mol. The number of rotatable bonds is 6. The molecule has 2 aliphatic rings. The summed E-state index contributed by atoms with van der Waals surface area (Å²) in [6, 6.07) is 17.4. The maximum absolute atomic E-state index is 13.3. The number of esters is 1. The molecule has 1 aliphatic heterocycles. The summed E-state index contributed by atoms with van der Waals surface area (Å²) in [4.78, 5) is 28.1. The Balaban J connectivity index is 1.42. The van der Waals surface area contributed by atoms with Gasteiger partial charge >= 0.3 is 5.97 Å². The SMILES string of the molecule is COc1ccc(COC(=O)[C@H]2CC=CC3CCN(Cc4ccccc4)C(=O)C32)cc1. The van der Waals surface area contributed by atoms with Gasteiger partial charge in [0.15, 0.2) is 0 Å².